The van der Waals surface area contributed by atoms with E-state index in [9.17, 15) is 20.1 Å². The van der Waals surface area contributed by atoms with Crippen LogP contribution >= 0.6 is 11.8 Å². The normalized spacial score (nSPS) is 20.8. The number of phenols is 2. The largest absolute Gasteiger partial charge is 0.508 e. The zero-order valence-corrected chi connectivity index (χ0v) is 23.8. The first-order valence-corrected chi connectivity index (χ1v) is 15.2. The molecule has 0 spiro atoms. The Morgan fingerprint density at radius 1 is 0.919 bits per heavy atom. The van der Waals surface area contributed by atoms with Crippen LogP contribution in [0.4, 0.5) is 0 Å². The van der Waals surface area contributed by atoms with Gasteiger partial charge >= 0.3 is 5.97 Å². The van der Waals surface area contributed by atoms with E-state index in [1.165, 1.54) is 41.7 Å². The number of fused-ring (bicyclic) bond motifs is 1. The second-order valence-electron chi connectivity index (χ2n) is 11.5. The van der Waals surface area contributed by atoms with Crippen molar-refractivity contribution >= 4 is 17.7 Å². The van der Waals surface area contributed by atoms with E-state index in [1.54, 1.807) is 12.1 Å². The van der Waals surface area contributed by atoms with Crippen molar-refractivity contribution in [2.75, 3.05) is 5.75 Å². The van der Waals surface area contributed by atoms with Crippen molar-refractivity contribution in [1.29, 1.82) is 0 Å². The average Bonchev–Trinajstić information content (AvgIpc) is 2.87. The Labute approximate surface area is 227 Å². The number of benzene rings is 2. The molecule has 1 heterocycles. The van der Waals surface area contributed by atoms with E-state index in [2.05, 4.69) is 32.0 Å². The van der Waals surface area contributed by atoms with Gasteiger partial charge in [-0.15, -0.1) is 11.8 Å². The van der Waals surface area contributed by atoms with Gasteiger partial charge in [0, 0.05) is 16.1 Å². The third-order valence-corrected chi connectivity index (χ3v) is 9.92. The van der Waals surface area contributed by atoms with E-state index in [1.807, 2.05) is 30.8 Å². The molecule has 5 heteroatoms. The fraction of sp³-hybridized carbons (Fsp3) is 0.594. The Hall–Kier alpha value is -2.14. The Bertz CT molecular complexity index is 1000. The zero-order valence-electron chi connectivity index (χ0n) is 23.0. The van der Waals surface area contributed by atoms with E-state index in [0.717, 1.165) is 57.1 Å². The highest BCUT2D eigenvalue weighted by Gasteiger charge is 2.41. The minimum atomic E-state index is -0.641. The lowest BCUT2D eigenvalue weighted by molar-refractivity contribution is -0.149. The van der Waals surface area contributed by atoms with Crippen LogP contribution in [0.5, 0.6) is 11.5 Å². The third-order valence-electron chi connectivity index (χ3n) is 8.52. The van der Waals surface area contributed by atoms with Crippen LogP contribution in [0.3, 0.4) is 0 Å². The van der Waals surface area contributed by atoms with Crippen molar-refractivity contribution in [3.8, 4) is 11.5 Å². The second-order valence-corrected chi connectivity index (χ2v) is 12.5. The molecule has 0 saturated carbocycles. The molecule has 0 amide bonds. The quantitative estimate of drug-likeness (QED) is 0.202. The molecule has 37 heavy (non-hydrogen) atoms. The van der Waals surface area contributed by atoms with Crippen LogP contribution in [0.25, 0.3) is 0 Å². The van der Waals surface area contributed by atoms with Crippen molar-refractivity contribution < 1.29 is 20.1 Å². The first kappa shape index (κ1) is 29.4. The van der Waals surface area contributed by atoms with Crippen LogP contribution < -0.4 is 0 Å². The summed E-state index contributed by atoms with van der Waals surface area (Å²) in [7, 11) is 0. The van der Waals surface area contributed by atoms with Crippen LogP contribution in [-0.2, 0) is 10.2 Å². The first-order chi connectivity index (χ1) is 17.7. The van der Waals surface area contributed by atoms with Gasteiger partial charge in [0.25, 0.3) is 0 Å². The van der Waals surface area contributed by atoms with Crippen LogP contribution in [0.1, 0.15) is 115 Å². The predicted molar refractivity (Wildman–Crippen MR) is 154 cm³/mol. The molecular weight excluding hydrogens is 480 g/mol. The van der Waals surface area contributed by atoms with E-state index in [0.29, 0.717) is 17.4 Å². The smallest absolute Gasteiger partial charge is 0.309 e. The van der Waals surface area contributed by atoms with E-state index in [4.69, 9.17) is 0 Å². The molecule has 0 fully saturated rings. The fourth-order valence-corrected chi connectivity index (χ4v) is 7.27. The minimum absolute atomic E-state index is 0.0308. The number of phenolic OH excluding ortho intramolecular Hbond substituents is 2. The van der Waals surface area contributed by atoms with Gasteiger partial charge in [0.15, 0.2) is 0 Å². The van der Waals surface area contributed by atoms with Gasteiger partial charge in [0.2, 0.25) is 0 Å². The van der Waals surface area contributed by atoms with Gasteiger partial charge < -0.3 is 15.3 Å². The Morgan fingerprint density at radius 2 is 1.51 bits per heavy atom. The third kappa shape index (κ3) is 7.69. The Morgan fingerprint density at radius 3 is 2.16 bits per heavy atom. The van der Waals surface area contributed by atoms with Crippen molar-refractivity contribution in [2.24, 2.45) is 5.41 Å². The number of unbranched alkanes of at least 4 members (excludes halogenated alkanes) is 7. The average molecular weight is 527 g/mol. The summed E-state index contributed by atoms with van der Waals surface area (Å²) in [5.74, 6) is 1.30. The van der Waals surface area contributed by atoms with Crippen molar-refractivity contribution in [2.45, 2.75) is 114 Å². The number of aromatic hydroxyl groups is 2. The summed E-state index contributed by atoms with van der Waals surface area (Å²) in [6.45, 7) is 6.38. The molecule has 3 rings (SSSR count). The summed E-state index contributed by atoms with van der Waals surface area (Å²) in [6, 6.07) is 13.5. The van der Waals surface area contributed by atoms with Gasteiger partial charge in [-0.25, -0.2) is 0 Å². The maximum Gasteiger partial charge on any atom is 0.309 e. The number of hydrogen-bond donors (Lipinski definition) is 3. The van der Waals surface area contributed by atoms with Gasteiger partial charge in [0.05, 0.1) is 5.41 Å². The predicted octanol–water partition coefficient (Wildman–Crippen LogP) is 9.04. The van der Waals surface area contributed by atoms with E-state index >= 15 is 0 Å². The number of carboxylic acids is 1. The SMILES string of the molecule is CCCCC(C)(CCCCCCCCCC1c2ccc(O)cc2SCC1(C)c1ccc(O)cc1)C(=O)O. The molecule has 1 aliphatic heterocycles. The van der Waals surface area contributed by atoms with Crippen LogP contribution in [0.15, 0.2) is 47.4 Å². The maximum atomic E-state index is 11.7. The number of hydrogen-bond acceptors (Lipinski definition) is 4. The monoisotopic (exact) mass is 526 g/mol. The molecule has 0 saturated heterocycles. The van der Waals surface area contributed by atoms with Gasteiger partial charge in [-0.2, -0.15) is 0 Å². The molecule has 204 valence electrons. The highest BCUT2D eigenvalue weighted by molar-refractivity contribution is 7.99. The molecule has 1 aliphatic rings. The van der Waals surface area contributed by atoms with E-state index < -0.39 is 11.4 Å². The highest BCUT2D eigenvalue weighted by atomic mass is 32.2. The summed E-state index contributed by atoms with van der Waals surface area (Å²) in [4.78, 5) is 12.9. The second kappa shape index (κ2) is 13.6. The van der Waals surface area contributed by atoms with Gasteiger partial charge in [-0.1, -0.05) is 89.8 Å². The van der Waals surface area contributed by atoms with Gasteiger partial charge in [-0.05, 0) is 67.5 Å². The first-order valence-electron chi connectivity index (χ1n) is 14.2. The lowest BCUT2D eigenvalue weighted by atomic mass is 9.68. The summed E-state index contributed by atoms with van der Waals surface area (Å²) < 4.78 is 0. The maximum absolute atomic E-state index is 11.7. The topological polar surface area (TPSA) is 77.8 Å². The number of thioether (sulfide) groups is 1. The fourth-order valence-electron chi connectivity index (χ4n) is 5.86. The zero-order chi connectivity index (χ0) is 26.9. The van der Waals surface area contributed by atoms with Gasteiger partial charge in [0.1, 0.15) is 11.5 Å². The molecule has 2 aromatic carbocycles. The summed E-state index contributed by atoms with van der Waals surface area (Å²) in [5, 5.41) is 29.5. The van der Waals surface area contributed by atoms with Crippen LogP contribution in [0.2, 0.25) is 0 Å². The molecule has 2 aromatic rings. The minimum Gasteiger partial charge on any atom is -0.508 e. The van der Waals surface area contributed by atoms with Crippen molar-refractivity contribution in [3.05, 3.63) is 53.6 Å². The number of aliphatic carboxylic acids is 1. The van der Waals surface area contributed by atoms with E-state index in [-0.39, 0.29) is 5.41 Å². The summed E-state index contributed by atoms with van der Waals surface area (Å²) >= 11 is 1.82. The molecular formula is C32H46O4S. The van der Waals surface area contributed by atoms with Crippen molar-refractivity contribution in [1.82, 2.24) is 0 Å². The molecule has 0 bridgehead atoms. The van der Waals surface area contributed by atoms with Crippen LogP contribution in [0, 0.1) is 5.41 Å². The van der Waals surface area contributed by atoms with Crippen LogP contribution in [-0.4, -0.2) is 27.0 Å². The lowest BCUT2D eigenvalue weighted by Crippen LogP contribution is -2.36. The summed E-state index contributed by atoms with van der Waals surface area (Å²) in [6.07, 6.45) is 12.8. The molecule has 4 nitrogen and oxygen atoms in total. The Kier molecular flexibility index (Phi) is 10.8. The molecule has 3 atom stereocenters. The molecule has 3 unspecified atom stereocenters. The number of rotatable bonds is 15. The molecule has 3 N–H and O–H groups in total. The molecule has 0 radical (unpaired) electrons. The summed E-state index contributed by atoms with van der Waals surface area (Å²) in [5.41, 5.74) is 1.99. The van der Waals surface area contributed by atoms with Gasteiger partial charge in [-0.3, -0.25) is 4.79 Å². The van der Waals surface area contributed by atoms with Crippen molar-refractivity contribution in [3.63, 3.8) is 0 Å². The highest BCUT2D eigenvalue weighted by Crippen LogP contribution is 2.52. The number of carboxylic acid groups (broad SMARTS) is 1. The number of carbonyl (C=O) groups is 1. The molecule has 0 aliphatic carbocycles. The lowest BCUT2D eigenvalue weighted by Gasteiger charge is -2.43. The Balaban J connectivity index is 1.49. The standard InChI is InChI=1S/C32H46O4S/c1-4-5-20-31(2,30(35)36)21-12-10-8-6-7-9-11-13-28-27-19-18-26(34)22-29(27)37-23-32(28,3)24-14-16-25(33)17-15-24/h14-19,22,28,33-34H,4-13,20-21,23H2,1-3H3,(H,35,36). The molecule has 0 aromatic heterocycles.